The SMILES string of the molecule is N#C[C@H]1CCCN1C(=O)CN(CC(=O)N1CCCC1)C12CC3CC(CC(O)(C3)C1)C2. The van der Waals surface area contributed by atoms with Crippen molar-refractivity contribution in [3.05, 3.63) is 0 Å². The summed E-state index contributed by atoms with van der Waals surface area (Å²) in [5.74, 6) is 1.07. The van der Waals surface area contributed by atoms with E-state index in [1.165, 1.54) is 6.42 Å². The van der Waals surface area contributed by atoms with Crippen molar-refractivity contribution in [2.24, 2.45) is 11.8 Å². The fourth-order valence-corrected chi connectivity index (χ4v) is 7.61. The van der Waals surface area contributed by atoms with E-state index in [4.69, 9.17) is 0 Å². The average molecular weight is 415 g/mol. The van der Waals surface area contributed by atoms with Gasteiger partial charge in [-0.05, 0) is 76.0 Å². The summed E-state index contributed by atoms with van der Waals surface area (Å²) in [7, 11) is 0. The highest BCUT2D eigenvalue weighted by atomic mass is 16.3. The van der Waals surface area contributed by atoms with E-state index < -0.39 is 5.60 Å². The lowest BCUT2D eigenvalue weighted by Gasteiger charge is -2.63. The number of carbonyl (C=O) groups is 2. The zero-order valence-corrected chi connectivity index (χ0v) is 17.9. The minimum atomic E-state index is -0.634. The van der Waals surface area contributed by atoms with Crippen LogP contribution in [-0.2, 0) is 9.59 Å². The van der Waals surface area contributed by atoms with Crippen molar-refractivity contribution < 1.29 is 14.7 Å². The van der Waals surface area contributed by atoms with Crippen molar-refractivity contribution in [1.82, 2.24) is 14.7 Å². The van der Waals surface area contributed by atoms with Crippen LogP contribution in [0.25, 0.3) is 0 Å². The third kappa shape index (κ3) is 3.52. The maximum atomic E-state index is 13.2. The van der Waals surface area contributed by atoms with Crippen molar-refractivity contribution in [1.29, 1.82) is 5.26 Å². The molecular formula is C23H34N4O3. The molecule has 1 N–H and O–H groups in total. The summed E-state index contributed by atoms with van der Waals surface area (Å²) in [4.78, 5) is 32.1. The zero-order valence-electron chi connectivity index (χ0n) is 17.9. The average Bonchev–Trinajstić information content (AvgIpc) is 3.37. The monoisotopic (exact) mass is 414 g/mol. The van der Waals surface area contributed by atoms with Gasteiger partial charge in [-0.25, -0.2) is 0 Å². The van der Waals surface area contributed by atoms with Crippen LogP contribution in [0, 0.1) is 23.2 Å². The molecule has 7 nitrogen and oxygen atoms in total. The number of nitrogens with zero attached hydrogens (tertiary/aromatic N) is 4. The molecule has 4 saturated carbocycles. The predicted octanol–water partition coefficient (Wildman–Crippen LogP) is 1.51. The van der Waals surface area contributed by atoms with E-state index in [1.54, 1.807) is 4.90 Å². The molecule has 7 heteroatoms. The Kier molecular flexibility index (Phi) is 5.06. The Labute approximate surface area is 179 Å². The Morgan fingerprint density at radius 3 is 2.30 bits per heavy atom. The third-order valence-electron chi connectivity index (χ3n) is 8.50. The first-order chi connectivity index (χ1) is 14.4. The Morgan fingerprint density at radius 1 is 1.00 bits per heavy atom. The molecule has 2 unspecified atom stereocenters. The van der Waals surface area contributed by atoms with Gasteiger partial charge in [0.2, 0.25) is 11.8 Å². The van der Waals surface area contributed by atoms with E-state index >= 15 is 0 Å². The van der Waals surface area contributed by atoms with Crippen LogP contribution in [0.15, 0.2) is 0 Å². The highest BCUT2D eigenvalue weighted by Gasteiger charge is 2.59. The molecule has 2 saturated heterocycles. The molecule has 6 fully saturated rings. The third-order valence-corrected chi connectivity index (χ3v) is 8.50. The van der Waals surface area contributed by atoms with Gasteiger partial charge in [0.1, 0.15) is 6.04 Å². The number of aliphatic hydroxyl groups is 1. The smallest absolute Gasteiger partial charge is 0.237 e. The van der Waals surface area contributed by atoms with Crippen molar-refractivity contribution in [2.45, 2.75) is 81.4 Å². The van der Waals surface area contributed by atoms with E-state index in [0.717, 1.165) is 64.5 Å². The van der Waals surface area contributed by atoms with E-state index in [1.807, 2.05) is 4.90 Å². The van der Waals surface area contributed by atoms with Gasteiger partial charge in [-0.3, -0.25) is 14.5 Å². The number of nitriles is 1. The molecule has 164 valence electrons. The number of hydrogen-bond acceptors (Lipinski definition) is 5. The second kappa shape index (κ2) is 7.49. The molecule has 0 aromatic heterocycles. The van der Waals surface area contributed by atoms with Gasteiger partial charge in [-0.2, -0.15) is 5.26 Å². The van der Waals surface area contributed by atoms with Crippen LogP contribution in [0.3, 0.4) is 0 Å². The molecule has 3 atom stereocenters. The molecule has 4 aliphatic carbocycles. The summed E-state index contributed by atoms with van der Waals surface area (Å²) >= 11 is 0. The highest BCUT2D eigenvalue weighted by molar-refractivity contribution is 5.82. The van der Waals surface area contributed by atoms with Crippen LogP contribution in [0.4, 0.5) is 0 Å². The summed E-state index contributed by atoms with van der Waals surface area (Å²) in [6.45, 7) is 2.70. The topological polar surface area (TPSA) is 87.9 Å². The minimum Gasteiger partial charge on any atom is -0.390 e. The van der Waals surface area contributed by atoms with Crippen molar-refractivity contribution in [3.63, 3.8) is 0 Å². The molecule has 4 bridgehead atoms. The minimum absolute atomic E-state index is 0.0315. The lowest BCUT2D eigenvalue weighted by atomic mass is 9.50. The quantitative estimate of drug-likeness (QED) is 0.737. The van der Waals surface area contributed by atoms with Gasteiger partial charge in [0.25, 0.3) is 0 Å². The first kappa shape index (κ1) is 20.3. The molecule has 30 heavy (non-hydrogen) atoms. The molecule has 2 aliphatic heterocycles. The van der Waals surface area contributed by atoms with E-state index in [0.29, 0.717) is 24.8 Å². The maximum absolute atomic E-state index is 13.2. The first-order valence-corrected chi connectivity index (χ1v) is 11.8. The van der Waals surface area contributed by atoms with Crippen LogP contribution >= 0.6 is 0 Å². The predicted molar refractivity (Wildman–Crippen MR) is 110 cm³/mol. The largest absolute Gasteiger partial charge is 0.390 e. The van der Waals surface area contributed by atoms with Crippen molar-refractivity contribution >= 4 is 11.8 Å². The fourth-order valence-electron chi connectivity index (χ4n) is 7.61. The maximum Gasteiger partial charge on any atom is 0.237 e. The molecule has 0 spiro atoms. The van der Waals surface area contributed by atoms with E-state index in [-0.39, 0.29) is 36.5 Å². The Morgan fingerprint density at radius 2 is 1.67 bits per heavy atom. The van der Waals surface area contributed by atoms with Crippen LogP contribution in [-0.4, -0.2) is 81.5 Å². The molecule has 2 amide bonds. The molecular weight excluding hydrogens is 380 g/mol. The normalized spacial score (nSPS) is 39.7. The number of amides is 2. The number of hydrogen-bond donors (Lipinski definition) is 1. The number of rotatable bonds is 5. The summed E-state index contributed by atoms with van der Waals surface area (Å²) in [5.41, 5.74) is -0.892. The standard InChI is InChI=1S/C23H34N4O3/c24-13-19-4-3-7-27(19)21(29)15-26(14-20(28)25-5-1-2-6-25)22-9-17-8-18(10-22)12-23(30,11-17)16-22/h17-19,30H,1-12,14-16H2/t17?,18?,19-,22?,23?/m1/s1. The van der Waals surface area contributed by atoms with Gasteiger partial charge in [0, 0.05) is 25.2 Å². The van der Waals surface area contributed by atoms with Gasteiger partial charge in [-0.15, -0.1) is 0 Å². The molecule has 0 radical (unpaired) electrons. The van der Waals surface area contributed by atoms with Crippen molar-refractivity contribution in [2.75, 3.05) is 32.7 Å². The van der Waals surface area contributed by atoms with Crippen LogP contribution in [0.2, 0.25) is 0 Å². The summed E-state index contributed by atoms with van der Waals surface area (Å²) in [6.07, 6.45) is 9.27. The number of likely N-dealkylation sites (tertiary alicyclic amines) is 2. The van der Waals surface area contributed by atoms with Gasteiger partial charge in [0.05, 0.1) is 24.8 Å². The molecule has 6 aliphatic rings. The van der Waals surface area contributed by atoms with E-state index in [9.17, 15) is 20.0 Å². The Bertz CT molecular complexity index is 742. The number of carbonyl (C=O) groups excluding carboxylic acids is 2. The van der Waals surface area contributed by atoms with Gasteiger partial charge in [-0.1, -0.05) is 0 Å². The molecule has 0 aromatic rings. The Hall–Kier alpha value is -1.65. The molecule has 0 aromatic carbocycles. The summed E-state index contributed by atoms with van der Waals surface area (Å²) in [6, 6.07) is 1.93. The van der Waals surface area contributed by atoms with Crippen LogP contribution < -0.4 is 0 Å². The second-order valence-electron chi connectivity index (χ2n) is 10.7. The van der Waals surface area contributed by atoms with Crippen molar-refractivity contribution in [3.8, 4) is 6.07 Å². The molecule has 6 rings (SSSR count). The first-order valence-electron chi connectivity index (χ1n) is 11.8. The Balaban J connectivity index is 1.39. The van der Waals surface area contributed by atoms with Gasteiger partial charge in [0.15, 0.2) is 0 Å². The van der Waals surface area contributed by atoms with Crippen LogP contribution in [0.5, 0.6) is 0 Å². The van der Waals surface area contributed by atoms with Gasteiger partial charge >= 0.3 is 0 Å². The second-order valence-corrected chi connectivity index (χ2v) is 10.7. The van der Waals surface area contributed by atoms with Gasteiger partial charge < -0.3 is 14.9 Å². The fraction of sp³-hybridized carbons (Fsp3) is 0.870. The van der Waals surface area contributed by atoms with E-state index in [2.05, 4.69) is 11.0 Å². The lowest BCUT2D eigenvalue weighted by Crippen LogP contribution is -2.67. The summed E-state index contributed by atoms with van der Waals surface area (Å²) in [5, 5.41) is 20.6. The lowest BCUT2D eigenvalue weighted by molar-refractivity contribution is -0.181. The van der Waals surface area contributed by atoms with Crippen LogP contribution in [0.1, 0.15) is 64.2 Å². The zero-order chi connectivity index (χ0) is 20.9. The molecule has 2 heterocycles. The highest BCUT2D eigenvalue weighted by Crippen LogP contribution is 2.59. The summed E-state index contributed by atoms with van der Waals surface area (Å²) < 4.78 is 0.